The Morgan fingerprint density at radius 3 is 2.86 bits per heavy atom. The van der Waals surface area contributed by atoms with Gasteiger partial charge in [-0.05, 0) is 30.1 Å². The van der Waals surface area contributed by atoms with Crippen molar-refractivity contribution in [2.24, 2.45) is 0 Å². The van der Waals surface area contributed by atoms with Crippen molar-refractivity contribution in [1.29, 1.82) is 0 Å². The van der Waals surface area contributed by atoms with Gasteiger partial charge in [-0.25, -0.2) is 4.79 Å². The molecule has 0 fully saturated rings. The number of carbonyl (C=O) groups excluding carboxylic acids is 1. The van der Waals surface area contributed by atoms with Gasteiger partial charge in [-0.3, -0.25) is 5.32 Å². The van der Waals surface area contributed by atoms with Gasteiger partial charge in [0.25, 0.3) is 0 Å². The molecular formula is C18H19NO2S. The maximum absolute atomic E-state index is 11.9. The summed E-state index contributed by atoms with van der Waals surface area (Å²) >= 11 is 5.29. The van der Waals surface area contributed by atoms with Crippen molar-refractivity contribution in [3.05, 3.63) is 72.0 Å². The van der Waals surface area contributed by atoms with Crippen LogP contribution in [-0.2, 0) is 11.3 Å². The lowest BCUT2D eigenvalue weighted by Gasteiger charge is -2.16. The Kier molecular flexibility index (Phi) is 6.10. The summed E-state index contributed by atoms with van der Waals surface area (Å²) in [4.78, 5) is 12.6. The fourth-order valence-corrected chi connectivity index (χ4v) is 2.27. The molecule has 0 spiro atoms. The van der Waals surface area contributed by atoms with E-state index in [1.54, 1.807) is 0 Å². The number of ether oxygens (including phenoxy) is 1. The molecule has 2 rings (SSSR count). The van der Waals surface area contributed by atoms with Gasteiger partial charge in [0.15, 0.2) is 0 Å². The minimum Gasteiger partial charge on any atom is -0.444 e. The van der Waals surface area contributed by atoms with Crippen molar-refractivity contribution in [3.63, 3.8) is 0 Å². The van der Waals surface area contributed by atoms with E-state index < -0.39 is 6.09 Å². The first-order chi connectivity index (χ1) is 10.7. The SMILES string of the molecule is C=CCCC1=CCC(=S)C(NC(=O)OCc2ccccc2)=C1. The highest BCUT2D eigenvalue weighted by molar-refractivity contribution is 7.80. The average molecular weight is 313 g/mol. The van der Waals surface area contributed by atoms with E-state index in [0.29, 0.717) is 12.1 Å². The molecule has 0 unspecified atom stereocenters. The normalized spacial score (nSPS) is 13.9. The highest BCUT2D eigenvalue weighted by atomic mass is 32.1. The van der Waals surface area contributed by atoms with Crippen LogP contribution in [-0.4, -0.2) is 11.0 Å². The maximum atomic E-state index is 11.9. The van der Waals surface area contributed by atoms with E-state index in [9.17, 15) is 4.79 Å². The summed E-state index contributed by atoms with van der Waals surface area (Å²) in [5.41, 5.74) is 2.77. The standard InChI is InChI=1S/C18H19NO2S/c1-2-3-7-14-10-11-17(22)16(12-14)19-18(20)21-13-15-8-5-4-6-9-15/h2,4-6,8-10,12H,1,3,7,11,13H2,(H,19,20). The van der Waals surface area contributed by atoms with E-state index in [2.05, 4.69) is 18.0 Å². The van der Waals surface area contributed by atoms with Gasteiger partial charge in [0, 0.05) is 11.3 Å². The van der Waals surface area contributed by atoms with Gasteiger partial charge in [-0.15, -0.1) is 6.58 Å². The first-order valence-electron chi connectivity index (χ1n) is 7.21. The molecule has 0 atom stereocenters. The number of hydrogen-bond acceptors (Lipinski definition) is 3. The minimum atomic E-state index is -0.484. The van der Waals surface area contributed by atoms with Crippen LogP contribution in [0.5, 0.6) is 0 Å². The molecule has 0 heterocycles. The molecule has 1 N–H and O–H groups in total. The predicted molar refractivity (Wildman–Crippen MR) is 92.6 cm³/mol. The van der Waals surface area contributed by atoms with Crippen molar-refractivity contribution in [2.75, 3.05) is 0 Å². The van der Waals surface area contributed by atoms with Crippen LogP contribution in [0.25, 0.3) is 0 Å². The Bertz CT molecular complexity index is 617. The summed E-state index contributed by atoms with van der Waals surface area (Å²) in [6, 6.07) is 9.56. The van der Waals surface area contributed by atoms with E-state index in [1.165, 1.54) is 0 Å². The molecule has 0 radical (unpaired) electrons. The van der Waals surface area contributed by atoms with Crippen LogP contribution in [0, 0.1) is 0 Å². The maximum Gasteiger partial charge on any atom is 0.411 e. The molecule has 0 saturated heterocycles. The molecule has 3 nitrogen and oxygen atoms in total. The largest absolute Gasteiger partial charge is 0.444 e. The molecule has 0 aliphatic heterocycles. The molecule has 1 aliphatic rings. The van der Waals surface area contributed by atoms with E-state index in [0.717, 1.165) is 28.8 Å². The third-order valence-electron chi connectivity index (χ3n) is 3.27. The molecule has 4 heteroatoms. The van der Waals surface area contributed by atoms with Gasteiger partial charge in [-0.2, -0.15) is 0 Å². The lowest BCUT2D eigenvalue weighted by Crippen LogP contribution is -2.28. The highest BCUT2D eigenvalue weighted by Gasteiger charge is 2.14. The quantitative estimate of drug-likeness (QED) is 0.622. The van der Waals surface area contributed by atoms with Crippen molar-refractivity contribution in [2.45, 2.75) is 25.9 Å². The molecule has 22 heavy (non-hydrogen) atoms. The third kappa shape index (κ3) is 4.97. The van der Waals surface area contributed by atoms with E-state index in [-0.39, 0.29) is 6.61 Å². The number of allylic oxidation sites excluding steroid dienone is 5. The first-order valence-corrected chi connectivity index (χ1v) is 7.62. The fourth-order valence-electron chi connectivity index (χ4n) is 2.08. The summed E-state index contributed by atoms with van der Waals surface area (Å²) in [6.07, 6.45) is 7.88. The van der Waals surface area contributed by atoms with Crippen molar-refractivity contribution >= 4 is 23.2 Å². The summed E-state index contributed by atoms with van der Waals surface area (Å²) in [6.45, 7) is 3.96. The minimum absolute atomic E-state index is 0.242. The van der Waals surface area contributed by atoms with Crippen LogP contribution in [0.3, 0.4) is 0 Å². The molecule has 1 amide bonds. The van der Waals surface area contributed by atoms with Crippen molar-refractivity contribution in [1.82, 2.24) is 5.32 Å². The van der Waals surface area contributed by atoms with Crippen LogP contribution in [0.1, 0.15) is 24.8 Å². The molecule has 0 bridgehead atoms. The fraction of sp³-hybridized carbons (Fsp3) is 0.222. The Hall–Kier alpha value is -2.20. The van der Waals surface area contributed by atoms with Crippen molar-refractivity contribution in [3.8, 4) is 0 Å². The van der Waals surface area contributed by atoms with Crippen LogP contribution in [0.15, 0.2) is 66.4 Å². The number of thiocarbonyl (C=S) groups is 1. The number of benzene rings is 1. The molecule has 114 valence electrons. The average Bonchev–Trinajstić information content (AvgIpc) is 2.54. The number of nitrogens with one attached hydrogen (secondary N) is 1. The molecule has 1 aliphatic carbocycles. The second-order valence-electron chi connectivity index (χ2n) is 4.98. The van der Waals surface area contributed by atoms with Crippen molar-refractivity contribution < 1.29 is 9.53 Å². The summed E-state index contributed by atoms with van der Waals surface area (Å²) in [7, 11) is 0. The predicted octanol–water partition coefficient (Wildman–Crippen LogP) is 4.46. The van der Waals surface area contributed by atoms with Gasteiger partial charge < -0.3 is 4.74 Å². The van der Waals surface area contributed by atoms with Crippen LogP contribution >= 0.6 is 12.2 Å². The number of amides is 1. The van der Waals surface area contributed by atoms with Crippen LogP contribution in [0.4, 0.5) is 4.79 Å². The van der Waals surface area contributed by atoms with Gasteiger partial charge >= 0.3 is 6.09 Å². The number of carbonyl (C=O) groups is 1. The number of hydrogen-bond donors (Lipinski definition) is 1. The van der Waals surface area contributed by atoms with Gasteiger partial charge in [0.2, 0.25) is 0 Å². The zero-order valence-corrected chi connectivity index (χ0v) is 13.2. The third-order valence-corrected chi connectivity index (χ3v) is 3.65. The van der Waals surface area contributed by atoms with E-state index in [4.69, 9.17) is 17.0 Å². The van der Waals surface area contributed by atoms with Crippen LogP contribution < -0.4 is 5.32 Å². The lowest BCUT2D eigenvalue weighted by atomic mass is 10.0. The number of alkyl carbamates (subject to hydrolysis) is 1. The Morgan fingerprint density at radius 1 is 1.36 bits per heavy atom. The van der Waals surface area contributed by atoms with Gasteiger partial charge in [-0.1, -0.05) is 54.7 Å². The summed E-state index contributed by atoms with van der Waals surface area (Å²) in [5, 5.41) is 2.74. The highest BCUT2D eigenvalue weighted by Crippen LogP contribution is 2.18. The lowest BCUT2D eigenvalue weighted by molar-refractivity contribution is 0.143. The molecule has 1 aromatic carbocycles. The monoisotopic (exact) mass is 313 g/mol. The summed E-state index contributed by atoms with van der Waals surface area (Å²) < 4.78 is 5.21. The van der Waals surface area contributed by atoms with Crippen LogP contribution in [0.2, 0.25) is 0 Å². The van der Waals surface area contributed by atoms with E-state index >= 15 is 0 Å². The van der Waals surface area contributed by atoms with Gasteiger partial charge in [0.1, 0.15) is 6.61 Å². The first kappa shape index (κ1) is 16.2. The zero-order valence-electron chi connectivity index (χ0n) is 12.4. The topological polar surface area (TPSA) is 38.3 Å². The second-order valence-corrected chi connectivity index (χ2v) is 5.47. The molecule has 1 aromatic rings. The zero-order chi connectivity index (χ0) is 15.8. The smallest absolute Gasteiger partial charge is 0.411 e. The Labute approximate surface area is 136 Å². The number of rotatable bonds is 6. The summed E-state index contributed by atoms with van der Waals surface area (Å²) in [5.74, 6) is 0. The van der Waals surface area contributed by atoms with E-state index in [1.807, 2.05) is 42.5 Å². The molecular weight excluding hydrogens is 294 g/mol. The second kappa shape index (κ2) is 8.29. The Morgan fingerprint density at radius 2 is 2.14 bits per heavy atom. The molecule has 0 saturated carbocycles. The molecule has 0 aromatic heterocycles. The van der Waals surface area contributed by atoms with Gasteiger partial charge in [0.05, 0.1) is 5.70 Å². The Balaban J connectivity index is 1.89.